The van der Waals surface area contributed by atoms with Crippen molar-refractivity contribution in [3.05, 3.63) is 149 Å². The van der Waals surface area contributed by atoms with Crippen LogP contribution in [0.15, 0.2) is 121 Å². The van der Waals surface area contributed by atoms with Gasteiger partial charge in [-0.25, -0.2) is 4.98 Å². The number of nitrogens with two attached hydrogens (primary N) is 3. The van der Waals surface area contributed by atoms with Crippen molar-refractivity contribution in [2.24, 2.45) is 45.4 Å². The van der Waals surface area contributed by atoms with Crippen LogP contribution in [0.2, 0.25) is 0 Å². The fourth-order valence-electron chi connectivity index (χ4n) is 17.1. The molecule has 2 saturated heterocycles. The summed E-state index contributed by atoms with van der Waals surface area (Å²) < 4.78 is 0. The summed E-state index contributed by atoms with van der Waals surface area (Å²) in [5.74, 6) is -6.56. The van der Waals surface area contributed by atoms with Gasteiger partial charge in [-0.1, -0.05) is 75.4 Å². The first-order valence-corrected chi connectivity index (χ1v) is 39.4. The standard InChI is InChI=1S/C64H82N18O13.C18H24O2/c1-34(2)23-46(56(88)75-45(13-7-21-69-64(66)67)63(95)82-22-8-14-52(82)62(94)72-31-53(65)85)76-58(90)48(25-36-28-70-42-11-5-3-9-40(36)42)78-57(89)47(24-35-15-17-39(84)18-16-35)77-61(93)51(32-83)81-59(91)49(26-37-29-71-43-12-6-4-10-41(37)43)79-60(92)50(27-38-30-68-33-73-38)80-55(87)44-19-20-54(86)74-44;1-18-9-8-14-13-5-3-12(19)10-11(13)2-4-15(14)16(18)6-7-17(18)20/h3-6,9-12,15-18,28-30,33-34,44-52,70-71,83-84H,7-8,13-14,19-27,31-32H2,1-2H3,(H2,65,85)(H,68,73)(H,72,94)(H,74,86)(H,75,88)(H,76,90)(H,77,93)(H,78,89)(H,79,92)(H,80,87)(H,81,91)(H4,66,67,69);3,5,10,14-17,19-20H,2,4,6-9H2,1H3/t44-,45-,46-,47-,48+,49-,50-,51-,52-;14-,15-,16+,17+,18+/m01/s1. The highest BCUT2D eigenvalue weighted by molar-refractivity contribution is 6.00. The Balaban J connectivity index is 0.000000556. The minimum absolute atomic E-state index is 0.00905. The molecule has 3 aliphatic carbocycles. The molecule has 0 unspecified atom stereocenters. The molecule has 2 aliphatic heterocycles. The van der Waals surface area contributed by atoms with Gasteiger partial charge >= 0.3 is 0 Å². The number of phenolic OH excluding ortho intramolecular Hbond substituents is 2. The number of carbonyl (C=O) groups is 11. The molecule has 614 valence electrons. The molecular weight excluding hydrogens is 1480 g/mol. The molecule has 11 amide bonds. The third kappa shape index (κ3) is 21.3. The van der Waals surface area contributed by atoms with Crippen LogP contribution in [0.5, 0.6) is 11.5 Å². The van der Waals surface area contributed by atoms with Crippen molar-refractivity contribution in [2.45, 2.75) is 196 Å². The topological polar surface area (TPSA) is 531 Å². The first-order chi connectivity index (χ1) is 55.1. The minimum atomic E-state index is -1.80. The number of aromatic amines is 3. The van der Waals surface area contributed by atoms with Crippen LogP contribution in [0, 0.1) is 23.2 Å². The second-order valence-electron chi connectivity index (χ2n) is 31.4. The van der Waals surface area contributed by atoms with E-state index < -0.39 is 127 Å². The number of imidazole rings is 1. The molecule has 3 aromatic heterocycles. The second-order valence-corrected chi connectivity index (χ2v) is 31.4. The highest BCUT2D eigenvalue weighted by Gasteiger charge is 2.54. The normalized spacial score (nSPS) is 21.2. The van der Waals surface area contributed by atoms with Gasteiger partial charge in [0.05, 0.1) is 25.6 Å². The van der Waals surface area contributed by atoms with E-state index in [2.05, 4.69) is 85.8 Å². The van der Waals surface area contributed by atoms with Gasteiger partial charge in [-0.3, -0.25) is 57.7 Å². The van der Waals surface area contributed by atoms with Crippen LogP contribution in [0.4, 0.5) is 0 Å². The number of aromatic nitrogens is 4. The van der Waals surface area contributed by atoms with E-state index >= 15 is 9.59 Å². The van der Waals surface area contributed by atoms with Crippen LogP contribution >= 0.6 is 0 Å². The molecular formula is C82H106N18O15. The summed E-state index contributed by atoms with van der Waals surface area (Å²) in [6.45, 7) is 4.64. The van der Waals surface area contributed by atoms with Crippen LogP contribution < -0.4 is 65.1 Å². The summed E-state index contributed by atoms with van der Waals surface area (Å²) in [4.78, 5) is 172. The number of guanidine groups is 1. The number of aliphatic hydroxyl groups excluding tert-OH is 2. The van der Waals surface area contributed by atoms with Gasteiger partial charge in [0.25, 0.3) is 0 Å². The summed E-state index contributed by atoms with van der Waals surface area (Å²) in [6.07, 6.45) is 13.3. The maximum atomic E-state index is 15.1. The van der Waals surface area contributed by atoms with Crippen LogP contribution in [-0.4, -0.2) is 203 Å². The largest absolute Gasteiger partial charge is 0.508 e. The fraction of sp³-hybridized carbons (Fsp3) is 0.476. The van der Waals surface area contributed by atoms with Crippen molar-refractivity contribution >= 4 is 92.7 Å². The zero-order valence-corrected chi connectivity index (χ0v) is 64.8. The van der Waals surface area contributed by atoms with Crippen molar-refractivity contribution in [3.63, 3.8) is 0 Å². The van der Waals surface area contributed by atoms with Crippen molar-refractivity contribution in [1.82, 2.24) is 72.7 Å². The summed E-state index contributed by atoms with van der Waals surface area (Å²) in [5, 5.41) is 66.6. The lowest BCUT2D eigenvalue weighted by Gasteiger charge is -2.50. The molecule has 33 nitrogen and oxygen atoms in total. The van der Waals surface area contributed by atoms with Crippen LogP contribution in [-0.2, 0) is 84.8 Å². The Morgan fingerprint density at radius 2 is 1.22 bits per heavy atom. The zero-order valence-electron chi connectivity index (χ0n) is 64.8. The number of fused-ring (bicyclic) bond motifs is 7. The summed E-state index contributed by atoms with van der Waals surface area (Å²) in [6, 6.07) is 13.7. The van der Waals surface area contributed by atoms with E-state index in [0.717, 1.165) is 25.2 Å². The summed E-state index contributed by atoms with van der Waals surface area (Å²) in [7, 11) is 0. The van der Waals surface area contributed by atoms with E-state index in [1.54, 1.807) is 74.8 Å². The van der Waals surface area contributed by atoms with Gasteiger partial charge in [0.15, 0.2) is 5.96 Å². The fourth-order valence-corrected chi connectivity index (χ4v) is 17.1. The van der Waals surface area contributed by atoms with E-state index in [-0.39, 0.29) is 112 Å². The molecule has 2 saturated carbocycles. The second kappa shape index (κ2) is 38.3. The highest BCUT2D eigenvalue weighted by atomic mass is 16.3. The first-order valence-electron chi connectivity index (χ1n) is 39.4. The third-order valence-electron chi connectivity index (χ3n) is 23.0. The minimum Gasteiger partial charge on any atom is -0.508 e. The number of nitrogens with zero attached hydrogens (tertiary/aromatic N) is 3. The van der Waals surface area contributed by atoms with Gasteiger partial charge in [0.1, 0.15) is 65.9 Å². The van der Waals surface area contributed by atoms with Gasteiger partial charge in [-0.05, 0) is 170 Å². The Bertz CT molecular complexity index is 4680. The van der Waals surface area contributed by atoms with Gasteiger partial charge in [0, 0.05) is 91.3 Å². The van der Waals surface area contributed by atoms with E-state index in [4.69, 9.17) is 17.2 Å². The first kappa shape index (κ1) is 84.0. The van der Waals surface area contributed by atoms with Gasteiger partial charge in [-0.2, -0.15) is 0 Å². The summed E-state index contributed by atoms with van der Waals surface area (Å²) >= 11 is 0. The van der Waals surface area contributed by atoms with E-state index in [1.165, 1.54) is 72.1 Å². The Morgan fingerprint density at radius 1 is 0.635 bits per heavy atom. The molecule has 0 bridgehead atoms. The van der Waals surface area contributed by atoms with Crippen molar-refractivity contribution < 1.29 is 73.2 Å². The highest BCUT2D eigenvalue weighted by Crippen LogP contribution is 2.61. The number of aliphatic hydroxyl groups is 2. The number of carbonyl (C=O) groups excluding carboxylic acids is 11. The number of benzene rings is 4. The number of hydrogen-bond donors (Lipinski definition) is 19. The number of aryl methyl sites for hydroxylation is 1. The van der Waals surface area contributed by atoms with E-state index in [9.17, 15) is 63.6 Å². The predicted molar refractivity (Wildman–Crippen MR) is 425 cm³/mol. The number of aromatic hydroxyl groups is 2. The maximum Gasteiger partial charge on any atom is 0.245 e. The number of phenols is 2. The Morgan fingerprint density at radius 3 is 1.81 bits per heavy atom. The molecule has 33 heteroatoms. The number of rotatable bonds is 33. The molecule has 0 spiro atoms. The molecule has 5 aliphatic rings. The molecule has 22 N–H and O–H groups in total. The Kier molecular flexibility index (Phi) is 28.0. The lowest BCUT2D eigenvalue weighted by atomic mass is 9.55. The van der Waals surface area contributed by atoms with E-state index in [1.807, 2.05) is 12.1 Å². The average Bonchev–Trinajstić information content (AvgIpc) is 1.67. The number of aliphatic imine (C=N–C) groups is 1. The quantitative estimate of drug-likeness (QED) is 0.0157. The Hall–Kier alpha value is -11.9. The number of para-hydroxylation sites is 2. The SMILES string of the molecule is CC(C)C[C@H](NC(=O)[C@@H](Cc1c[nH]c2ccccc12)NC(=O)[C@H](Cc1ccc(O)cc1)NC(=O)[C@H](CO)NC(=O)[C@H](Cc1c[nH]c2ccccc12)NC(=O)[C@H](Cc1cnc[nH]1)NC(=O)[C@@H]1CCC(=O)N1)C(=O)N[C@@H](CCCN=C(N)N)C(=O)N1CCC[C@H]1C(=O)NCC(N)=O.C[C@]12CC[C@@H]3c4ccc(O)cc4CC[C@H]3[C@@H]1CC[C@@H]2O. The number of likely N-dealkylation sites (tertiary alicyclic amines) is 1. The number of H-pyrrole nitrogens is 3. The number of nitrogens with one attached hydrogen (secondary N) is 12. The van der Waals surface area contributed by atoms with Crippen LogP contribution in [0.1, 0.15) is 137 Å². The molecule has 12 rings (SSSR count). The monoisotopic (exact) mass is 1580 g/mol. The molecule has 5 heterocycles. The predicted octanol–water partition coefficient (Wildman–Crippen LogP) is 1.31. The number of amides is 11. The van der Waals surface area contributed by atoms with Gasteiger partial charge in [0.2, 0.25) is 65.0 Å². The lowest BCUT2D eigenvalue weighted by molar-refractivity contribution is -0.142. The third-order valence-corrected chi connectivity index (χ3v) is 23.0. The average molecular weight is 1580 g/mol. The van der Waals surface area contributed by atoms with Crippen LogP contribution in [0.25, 0.3) is 21.8 Å². The van der Waals surface area contributed by atoms with E-state index in [0.29, 0.717) is 68.2 Å². The number of hydrogen-bond acceptors (Lipinski definition) is 17. The zero-order chi connectivity index (χ0) is 82.2. The summed E-state index contributed by atoms with van der Waals surface area (Å²) in [5.41, 5.74) is 22.8. The Labute approximate surface area is 664 Å². The van der Waals surface area contributed by atoms with Crippen molar-refractivity contribution in [3.8, 4) is 11.5 Å². The maximum absolute atomic E-state index is 15.1. The van der Waals surface area contributed by atoms with Crippen molar-refractivity contribution in [1.29, 1.82) is 0 Å². The molecule has 0 radical (unpaired) electrons. The molecule has 4 fully saturated rings. The van der Waals surface area contributed by atoms with Crippen molar-refractivity contribution in [2.75, 3.05) is 26.2 Å². The van der Waals surface area contributed by atoms with Gasteiger partial charge in [-0.15, -0.1) is 0 Å². The number of primary amides is 1. The molecule has 4 aromatic carbocycles. The van der Waals surface area contributed by atoms with Crippen LogP contribution in [0.3, 0.4) is 0 Å². The van der Waals surface area contributed by atoms with Gasteiger partial charge < -0.3 is 105 Å². The molecule has 14 atom stereocenters. The molecule has 115 heavy (non-hydrogen) atoms. The smallest absolute Gasteiger partial charge is 0.245 e. The lowest BCUT2D eigenvalue weighted by Crippen LogP contribution is -2.61. The molecule has 7 aromatic rings.